The molecular formula is C20H32O4Si. The lowest BCUT2D eigenvalue weighted by Crippen LogP contribution is -2.51. The van der Waals surface area contributed by atoms with Gasteiger partial charge in [-0.15, -0.1) is 0 Å². The molecule has 140 valence electrons. The number of hydrogen-bond donors (Lipinski definition) is 1. The van der Waals surface area contributed by atoms with Crippen molar-refractivity contribution in [2.24, 2.45) is 0 Å². The van der Waals surface area contributed by atoms with Gasteiger partial charge in [0.05, 0.1) is 24.4 Å². The number of aliphatic hydroxyl groups excluding tert-OH is 1. The zero-order valence-electron chi connectivity index (χ0n) is 16.1. The van der Waals surface area contributed by atoms with Crippen LogP contribution in [0, 0.1) is 0 Å². The minimum absolute atomic E-state index is 0.0303. The van der Waals surface area contributed by atoms with Crippen molar-refractivity contribution in [1.29, 1.82) is 0 Å². The molecule has 2 aliphatic rings. The van der Waals surface area contributed by atoms with Gasteiger partial charge in [-0.05, 0) is 24.6 Å². The average Bonchev–Trinajstić information content (AvgIpc) is 2.89. The summed E-state index contributed by atoms with van der Waals surface area (Å²) in [5.41, 5.74) is 0.590. The van der Waals surface area contributed by atoms with Crippen LogP contribution in [0.3, 0.4) is 0 Å². The molecule has 0 bridgehead atoms. The van der Waals surface area contributed by atoms with E-state index in [9.17, 15) is 5.11 Å². The smallest absolute Gasteiger partial charge is 0.192 e. The van der Waals surface area contributed by atoms with Crippen LogP contribution in [0.15, 0.2) is 30.3 Å². The molecule has 2 unspecified atom stereocenters. The first-order valence-electron chi connectivity index (χ1n) is 9.31. The van der Waals surface area contributed by atoms with Gasteiger partial charge in [0.25, 0.3) is 0 Å². The molecule has 0 aromatic heterocycles. The number of benzene rings is 1. The fourth-order valence-electron chi connectivity index (χ4n) is 3.59. The second-order valence-corrected chi connectivity index (χ2v) is 13.9. The van der Waals surface area contributed by atoms with E-state index in [0.29, 0.717) is 19.4 Å². The van der Waals surface area contributed by atoms with E-state index in [1.54, 1.807) is 0 Å². The predicted octanol–water partition coefficient (Wildman–Crippen LogP) is 4.41. The minimum Gasteiger partial charge on any atom is -0.414 e. The van der Waals surface area contributed by atoms with E-state index < -0.39 is 20.0 Å². The number of aliphatic hydroxyl groups is 1. The lowest BCUT2D eigenvalue weighted by atomic mass is 9.82. The van der Waals surface area contributed by atoms with Crippen LogP contribution in [0.5, 0.6) is 0 Å². The standard InChI is InChI=1S/C20H32O4Si/c1-19(2,3)25(4,5)24-17-11-16(21)12-20(13-17)14-22-18(23-20)15-9-7-6-8-10-15/h6-10,16-18,21H,11-14H2,1-5H3/t16-,17?,18?,20-/m0/s1. The maximum atomic E-state index is 10.5. The van der Waals surface area contributed by atoms with Crippen molar-refractivity contribution < 1.29 is 19.0 Å². The molecule has 5 heteroatoms. The van der Waals surface area contributed by atoms with Crippen molar-refractivity contribution in [3.8, 4) is 0 Å². The van der Waals surface area contributed by atoms with Crippen LogP contribution >= 0.6 is 0 Å². The Morgan fingerprint density at radius 3 is 2.48 bits per heavy atom. The molecule has 4 nitrogen and oxygen atoms in total. The van der Waals surface area contributed by atoms with Crippen molar-refractivity contribution in [3.05, 3.63) is 35.9 Å². The molecule has 1 aliphatic heterocycles. The number of ether oxygens (including phenoxy) is 2. The van der Waals surface area contributed by atoms with Gasteiger partial charge in [-0.2, -0.15) is 0 Å². The maximum absolute atomic E-state index is 10.5. The highest BCUT2D eigenvalue weighted by Crippen LogP contribution is 2.45. The Balaban J connectivity index is 1.71. The van der Waals surface area contributed by atoms with Crippen molar-refractivity contribution in [1.82, 2.24) is 0 Å². The van der Waals surface area contributed by atoms with Gasteiger partial charge in [-0.25, -0.2) is 0 Å². The highest BCUT2D eigenvalue weighted by Gasteiger charge is 2.50. The Morgan fingerprint density at radius 1 is 1.16 bits per heavy atom. The lowest BCUT2D eigenvalue weighted by Gasteiger charge is -2.45. The van der Waals surface area contributed by atoms with Gasteiger partial charge >= 0.3 is 0 Å². The molecule has 1 saturated heterocycles. The molecule has 1 aromatic carbocycles. The van der Waals surface area contributed by atoms with E-state index >= 15 is 0 Å². The molecule has 1 N–H and O–H groups in total. The Labute approximate surface area is 152 Å². The molecule has 1 spiro atoms. The molecular weight excluding hydrogens is 332 g/mol. The van der Waals surface area contributed by atoms with Gasteiger partial charge in [0.1, 0.15) is 0 Å². The van der Waals surface area contributed by atoms with Crippen LogP contribution in [0.2, 0.25) is 18.1 Å². The topological polar surface area (TPSA) is 47.9 Å². The first-order valence-corrected chi connectivity index (χ1v) is 12.2. The Kier molecular flexibility index (Phi) is 5.17. The van der Waals surface area contributed by atoms with E-state index in [1.807, 2.05) is 30.3 Å². The van der Waals surface area contributed by atoms with Crippen LogP contribution in [0.25, 0.3) is 0 Å². The molecule has 3 rings (SSSR count). The van der Waals surface area contributed by atoms with E-state index in [4.69, 9.17) is 13.9 Å². The summed E-state index contributed by atoms with van der Waals surface area (Å²) in [4.78, 5) is 0. The highest BCUT2D eigenvalue weighted by atomic mass is 28.4. The Bertz CT molecular complexity index is 583. The summed E-state index contributed by atoms with van der Waals surface area (Å²) in [7, 11) is -1.88. The van der Waals surface area contributed by atoms with Gasteiger partial charge < -0.3 is 19.0 Å². The molecule has 0 radical (unpaired) electrons. The zero-order valence-corrected chi connectivity index (χ0v) is 17.1. The van der Waals surface area contributed by atoms with Gasteiger partial charge in [-0.1, -0.05) is 51.1 Å². The van der Waals surface area contributed by atoms with Crippen LogP contribution < -0.4 is 0 Å². The summed E-state index contributed by atoms with van der Waals surface area (Å²) in [6, 6.07) is 10.0. The number of rotatable bonds is 3. The summed E-state index contributed by atoms with van der Waals surface area (Å²) in [6.45, 7) is 11.8. The van der Waals surface area contributed by atoms with Crippen LogP contribution in [0.4, 0.5) is 0 Å². The zero-order chi connectivity index (χ0) is 18.3. The van der Waals surface area contributed by atoms with E-state index in [2.05, 4.69) is 33.9 Å². The quantitative estimate of drug-likeness (QED) is 0.807. The average molecular weight is 365 g/mol. The molecule has 1 aromatic rings. The van der Waals surface area contributed by atoms with Gasteiger partial charge in [0.15, 0.2) is 14.6 Å². The third-order valence-corrected chi connectivity index (χ3v) is 10.5. The van der Waals surface area contributed by atoms with Gasteiger partial charge in [0.2, 0.25) is 0 Å². The highest BCUT2D eigenvalue weighted by molar-refractivity contribution is 6.74. The van der Waals surface area contributed by atoms with Crippen LogP contribution in [0.1, 0.15) is 51.9 Å². The second kappa shape index (κ2) is 6.78. The summed E-state index contributed by atoms with van der Waals surface area (Å²) >= 11 is 0. The van der Waals surface area contributed by atoms with Crippen molar-refractivity contribution >= 4 is 8.32 Å². The molecule has 1 heterocycles. The summed E-state index contributed by atoms with van der Waals surface area (Å²) in [6.07, 6.45) is 1.38. The summed E-state index contributed by atoms with van der Waals surface area (Å²) < 4.78 is 18.9. The molecule has 2 fully saturated rings. The van der Waals surface area contributed by atoms with Crippen molar-refractivity contribution in [2.75, 3.05) is 6.61 Å². The Hall–Kier alpha value is -0.723. The minimum atomic E-state index is -1.88. The molecule has 0 amide bonds. The lowest BCUT2D eigenvalue weighted by molar-refractivity contribution is -0.134. The molecule has 1 saturated carbocycles. The molecule has 25 heavy (non-hydrogen) atoms. The molecule has 4 atom stereocenters. The maximum Gasteiger partial charge on any atom is 0.192 e. The fourth-order valence-corrected chi connectivity index (χ4v) is 4.96. The van der Waals surface area contributed by atoms with Gasteiger partial charge in [-0.3, -0.25) is 0 Å². The number of hydrogen-bond acceptors (Lipinski definition) is 4. The monoisotopic (exact) mass is 364 g/mol. The third kappa shape index (κ3) is 4.17. The van der Waals surface area contributed by atoms with E-state index in [1.165, 1.54) is 0 Å². The largest absolute Gasteiger partial charge is 0.414 e. The van der Waals surface area contributed by atoms with Gasteiger partial charge in [0, 0.05) is 18.4 Å². The summed E-state index contributed by atoms with van der Waals surface area (Å²) in [5.74, 6) is 0. The van der Waals surface area contributed by atoms with E-state index in [0.717, 1.165) is 12.0 Å². The Morgan fingerprint density at radius 2 is 1.84 bits per heavy atom. The fraction of sp³-hybridized carbons (Fsp3) is 0.700. The van der Waals surface area contributed by atoms with E-state index in [-0.39, 0.29) is 17.4 Å². The van der Waals surface area contributed by atoms with Crippen LogP contribution in [-0.2, 0) is 13.9 Å². The predicted molar refractivity (Wildman–Crippen MR) is 101 cm³/mol. The van der Waals surface area contributed by atoms with Crippen molar-refractivity contribution in [3.63, 3.8) is 0 Å². The van der Waals surface area contributed by atoms with Crippen LogP contribution in [-0.4, -0.2) is 37.8 Å². The molecule has 1 aliphatic carbocycles. The van der Waals surface area contributed by atoms with Crippen molar-refractivity contribution in [2.45, 2.75) is 82.3 Å². The SMILES string of the molecule is CC(C)(C)[Si](C)(C)OC1C[C@H](O)C[C@@]2(COC(c3ccccc3)O2)C1. The summed E-state index contributed by atoms with van der Waals surface area (Å²) in [5, 5.41) is 10.6. The normalized spacial score (nSPS) is 33.8. The first kappa shape index (κ1) is 19.0. The third-order valence-electron chi connectivity index (χ3n) is 5.94. The first-order chi connectivity index (χ1) is 11.6. The second-order valence-electron chi connectivity index (χ2n) is 9.15.